The molecule has 1 fully saturated rings. The number of rotatable bonds is 10. The van der Waals surface area contributed by atoms with Gasteiger partial charge >= 0.3 is 0 Å². The highest BCUT2D eigenvalue weighted by molar-refractivity contribution is 5.37. The molecule has 5 nitrogen and oxygen atoms in total. The van der Waals surface area contributed by atoms with Gasteiger partial charge in [-0.3, -0.25) is 9.80 Å². The van der Waals surface area contributed by atoms with Gasteiger partial charge in [0.05, 0.1) is 7.11 Å². The van der Waals surface area contributed by atoms with Gasteiger partial charge in [-0.1, -0.05) is 31.2 Å². The highest BCUT2D eigenvalue weighted by atomic mass is 16.5. The minimum absolute atomic E-state index is 0.282. The van der Waals surface area contributed by atoms with E-state index in [2.05, 4.69) is 65.3 Å². The van der Waals surface area contributed by atoms with E-state index in [1.165, 1.54) is 42.6 Å². The van der Waals surface area contributed by atoms with Crippen LogP contribution in [0.4, 0.5) is 0 Å². The number of ether oxygens (including phenoxy) is 2. The van der Waals surface area contributed by atoms with Crippen LogP contribution in [-0.4, -0.2) is 60.8 Å². The predicted octanol–water partition coefficient (Wildman–Crippen LogP) is 5.58. The number of likely N-dealkylation sites (tertiary alicyclic amines) is 1. The molecular formula is C32H42N2O3. The smallest absolute Gasteiger partial charge is 0.119 e. The average molecular weight is 503 g/mol. The highest BCUT2D eigenvalue weighted by Crippen LogP contribution is 2.38. The molecule has 198 valence electrons. The Kier molecular flexibility index (Phi) is 8.52. The van der Waals surface area contributed by atoms with E-state index in [0.717, 1.165) is 57.0 Å². The van der Waals surface area contributed by atoms with Gasteiger partial charge in [0.2, 0.25) is 0 Å². The molecule has 1 aliphatic heterocycles. The number of phenols is 1. The van der Waals surface area contributed by atoms with Crippen molar-refractivity contribution in [3.05, 3.63) is 83.1 Å². The van der Waals surface area contributed by atoms with Crippen molar-refractivity contribution < 1.29 is 14.6 Å². The minimum atomic E-state index is 0.282. The van der Waals surface area contributed by atoms with Crippen molar-refractivity contribution in [2.24, 2.45) is 11.8 Å². The van der Waals surface area contributed by atoms with E-state index in [9.17, 15) is 5.11 Å². The van der Waals surface area contributed by atoms with Crippen molar-refractivity contribution in [3.8, 4) is 11.5 Å². The first-order valence-electron chi connectivity index (χ1n) is 14.1. The predicted molar refractivity (Wildman–Crippen MR) is 149 cm³/mol. The lowest BCUT2D eigenvalue weighted by Crippen LogP contribution is -2.43. The molecule has 1 saturated heterocycles. The van der Waals surface area contributed by atoms with Crippen LogP contribution >= 0.6 is 0 Å². The molecule has 5 heteroatoms. The standard InChI is InChI=1S/C32H42N2O3/c1-3-34(23-24-6-12-29(13-7-24)37-19-18-33-16-4-5-17-33)32-22-30(36-2)14-15-31(32)27-9-8-26-21-28(35)11-10-25(26)20-27/h6-7,10-15,21-22,27,31-32,35H,3-5,8-9,16-20,23H2,1-2H3/t27-,31?,32?/m1/s1. The van der Waals surface area contributed by atoms with E-state index in [1.54, 1.807) is 7.11 Å². The maximum absolute atomic E-state index is 9.90. The molecule has 2 aromatic carbocycles. The zero-order valence-corrected chi connectivity index (χ0v) is 22.4. The van der Waals surface area contributed by atoms with E-state index in [4.69, 9.17) is 9.47 Å². The van der Waals surface area contributed by atoms with Crippen LogP contribution in [0.1, 0.15) is 42.9 Å². The van der Waals surface area contributed by atoms with Crippen LogP contribution in [0.3, 0.4) is 0 Å². The summed E-state index contributed by atoms with van der Waals surface area (Å²) in [4.78, 5) is 5.06. The van der Waals surface area contributed by atoms with Crippen molar-refractivity contribution in [2.45, 2.75) is 51.6 Å². The molecule has 2 aromatic rings. The van der Waals surface area contributed by atoms with Crippen molar-refractivity contribution >= 4 is 0 Å². The third-order valence-electron chi connectivity index (χ3n) is 8.46. The third kappa shape index (κ3) is 6.39. The van der Waals surface area contributed by atoms with E-state index < -0.39 is 0 Å². The fourth-order valence-electron chi connectivity index (χ4n) is 6.33. The van der Waals surface area contributed by atoms with Crippen molar-refractivity contribution in [1.82, 2.24) is 9.80 Å². The van der Waals surface area contributed by atoms with Crippen LogP contribution < -0.4 is 4.74 Å². The quantitative estimate of drug-likeness (QED) is 0.460. The summed E-state index contributed by atoms with van der Waals surface area (Å²) in [6.45, 7) is 8.31. The molecule has 3 aliphatic rings. The third-order valence-corrected chi connectivity index (χ3v) is 8.46. The van der Waals surface area contributed by atoms with Gasteiger partial charge in [0.15, 0.2) is 0 Å². The summed E-state index contributed by atoms with van der Waals surface area (Å²) < 4.78 is 11.7. The Bertz CT molecular complexity index is 1090. The first kappa shape index (κ1) is 25.9. The molecule has 0 aromatic heterocycles. The van der Waals surface area contributed by atoms with Crippen LogP contribution in [0.5, 0.6) is 11.5 Å². The molecule has 0 saturated carbocycles. The molecule has 37 heavy (non-hydrogen) atoms. The molecule has 5 rings (SSSR count). The van der Waals surface area contributed by atoms with Crippen LogP contribution in [0.15, 0.2) is 66.5 Å². The van der Waals surface area contributed by atoms with Crippen LogP contribution in [0.2, 0.25) is 0 Å². The zero-order valence-electron chi connectivity index (χ0n) is 22.4. The van der Waals surface area contributed by atoms with Crippen molar-refractivity contribution in [1.29, 1.82) is 0 Å². The van der Waals surface area contributed by atoms with Gasteiger partial charge in [0.1, 0.15) is 23.9 Å². The zero-order chi connectivity index (χ0) is 25.6. The highest BCUT2D eigenvalue weighted by Gasteiger charge is 2.34. The number of nitrogens with zero attached hydrogens (tertiary/aromatic N) is 2. The fourth-order valence-corrected chi connectivity index (χ4v) is 6.33. The molecule has 1 heterocycles. The van der Waals surface area contributed by atoms with Gasteiger partial charge in [-0.2, -0.15) is 0 Å². The van der Waals surface area contributed by atoms with Gasteiger partial charge in [-0.25, -0.2) is 0 Å². The summed E-state index contributed by atoms with van der Waals surface area (Å²) in [5.41, 5.74) is 3.99. The van der Waals surface area contributed by atoms with Crippen LogP contribution in [0, 0.1) is 11.8 Å². The lowest BCUT2D eigenvalue weighted by molar-refractivity contribution is 0.147. The number of aryl methyl sites for hydroxylation is 1. The van der Waals surface area contributed by atoms with Crippen molar-refractivity contribution in [3.63, 3.8) is 0 Å². The molecule has 0 amide bonds. The Morgan fingerprint density at radius 3 is 2.62 bits per heavy atom. The number of aromatic hydroxyl groups is 1. The Balaban J connectivity index is 1.24. The van der Waals surface area contributed by atoms with Gasteiger partial charge < -0.3 is 14.6 Å². The molecule has 2 unspecified atom stereocenters. The summed E-state index contributed by atoms with van der Waals surface area (Å²) in [6, 6.07) is 14.8. The molecule has 0 radical (unpaired) electrons. The number of allylic oxidation sites excluding steroid dienone is 1. The first-order valence-corrected chi connectivity index (χ1v) is 14.1. The summed E-state index contributed by atoms with van der Waals surface area (Å²) in [7, 11) is 1.76. The second-order valence-electron chi connectivity index (χ2n) is 10.8. The SMILES string of the molecule is CCN(Cc1ccc(OCCN2CCCC2)cc1)C1C=C(OC)C=CC1[C@@H]1CCc2cc(O)ccc2C1. The number of methoxy groups -OCH3 is 1. The first-order chi connectivity index (χ1) is 18.1. The topological polar surface area (TPSA) is 45.2 Å². The molecule has 0 bridgehead atoms. The van der Waals surface area contributed by atoms with Gasteiger partial charge in [0, 0.05) is 19.1 Å². The Hall–Kier alpha value is -2.76. The summed E-state index contributed by atoms with van der Waals surface area (Å²) in [5, 5.41) is 9.90. The van der Waals surface area contributed by atoms with Crippen molar-refractivity contribution in [2.75, 3.05) is 39.9 Å². The number of likely N-dealkylation sites (N-methyl/N-ethyl adjacent to an activating group) is 1. The number of hydrogen-bond acceptors (Lipinski definition) is 5. The van der Waals surface area contributed by atoms with E-state index >= 15 is 0 Å². The minimum Gasteiger partial charge on any atom is -0.508 e. The Morgan fingerprint density at radius 1 is 1.05 bits per heavy atom. The summed E-state index contributed by atoms with van der Waals surface area (Å²) >= 11 is 0. The van der Waals surface area contributed by atoms with Gasteiger partial charge in [-0.15, -0.1) is 0 Å². The average Bonchev–Trinajstić information content (AvgIpc) is 3.45. The number of benzene rings is 2. The van der Waals surface area contributed by atoms with E-state index in [1.807, 2.05) is 12.1 Å². The fraction of sp³-hybridized carbons (Fsp3) is 0.500. The monoisotopic (exact) mass is 502 g/mol. The Labute approximate surface area is 222 Å². The normalized spacial score (nSPS) is 23.6. The molecular weight excluding hydrogens is 460 g/mol. The largest absolute Gasteiger partial charge is 0.508 e. The summed E-state index contributed by atoms with van der Waals surface area (Å²) in [5.74, 6) is 3.27. The number of fused-ring (bicyclic) bond motifs is 1. The van der Waals surface area contributed by atoms with Crippen LogP contribution in [0.25, 0.3) is 0 Å². The Morgan fingerprint density at radius 2 is 1.86 bits per heavy atom. The molecule has 0 spiro atoms. The van der Waals surface area contributed by atoms with Crippen LogP contribution in [-0.2, 0) is 24.1 Å². The maximum Gasteiger partial charge on any atom is 0.119 e. The van der Waals surface area contributed by atoms with E-state index in [-0.39, 0.29) is 6.04 Å². The second-order valence-corrected chi connectivity index (χ2v) is 10.8. The number of hydrogen-bond donors (Lipinski definition) is 1. The van der Waals surface area contributed by atoms with Gasteiger partial charge in [0.25, 0.3) is 0 Å². The molecule has 1 N–H and O–H groups in total. The maximum atomic E-state index is 9.90. The van der Waals surface area contributed by atoms with E-state index in [0.29, 0.717) is 17.6 Å². The second kappa shape index (κ2) is 12.2. The lowest BCUT2D eigenvalue weighted by Gasteiger charge is -2.41. The molecule has 2 aliphatic carbocycles. The molecule has 3 atom stereocenters. The van der Waals surface area contributed by atoms with Gasteiger partial charge in [-0.05, 0) is 117 Å². The lowest BCUT2D eigenvalue weighted by atomic mass is 9.72. The number of phenolic OH excluding ortho intramolecular Hbond substituents is 1. The summed E-state index contributed by atoms with van der Waals surface area (Å²) in [6.07, 6.45) is 12.7.